The molecule has 0 bridgehead atoms. The average molecular weight is 104 g/mol. The molecule has 0 unspecified atom stereocenters. The van der Waals surface area contributed by atoms with Gasteiger partial charge in [-0.2, -0.15) is 0 Å². The molecule has 0 aromatic rings. The average Bonchev–Trinajstić information content (AvgIpc) is 1.33. The summed E-state index contributed by atoms with van der Waals surface area (Å²) in [5, 5.41) is 13.9. The second kappa shape index (κ2) is 8.83. The Kier molecular flexibility index (Phi) is 11.6. The van der Waals surface area contributed by atoms with Crippen LogP contribution in [0.1, 0.15) is 0 Å². The van der Waals surface area contributed by atoms with Crippen LogP contribution < -0.4 is 0 Å². The first-order valence-corrected chi connectivity index (χ1v) is 1.21. The van der Waals surface area contributed by atoms with E-state index in [9.17, 15) is 0 Å². The minimum Gasteiger partial charge on any atom is -0.450 e. The summed E-state index contributed by atoms with van der Waals surface area (Å²) in [7, 11) is 0. The molecule has 0 radical (unpaired) electrons. The molecule has 0 heterocycles. The maximum atomic E-state index is 8.57. The van der Waals surface area contributed by atoms with Crippen molar-refractivity contribution >= 4 is 12.1 Å². The normalized spacial score (nSPS) is 4.57. The van der Waals surface area contributed by atoms with Crippen molar-refractivity contribution in [2.75, 3.05) is 0 Å². The molecule has 4 heteroatoms. The van der Waals surface area contributed by atoms with Crippen molar-refractivity contribution in [1.82, 2.24) is 0 Å². The van der Waals surface area contributed by atoms with Gasteiger partial charge in [0.05, 0.1) is 0 Å². The summed E-state index contributed by atoms with van der Waals surface area (Å²) in [5.74, 6) is 1.25. The summed E-state index contributed by atoms with van der Waals surface area (Å²) in [4.78, 5) is 17.1. The molecule has 0 aliphatic rings. The van der Waals surface area contributed by atoms with E-state index < -0.39 is 6.16 Å². The molecular formula is C3H4O4. The van der Waals surface area contributed by atoms with E-state index in [1.54, 1.807) is 0 Å². The van der Waals surface area contributed by atoms with Crippen molar-refractivity contribution < 1.29 is 19.8 Å². The van der Waals surface area contributed by atoms with Gasteiger partial charge in [-0.3, -0.25) is 0 Å². The van der Waals surface area contributed by atoms with Gasteiger partial charge in [0.15, 0.2) is 0 Å². The molecular weight excluding hydrogens is 100 g/mol. The molecule has 0 atom stereocenters. The number of rotatable bonds is 0. The van der Waals surface area contributed by atoms with Crippen molar-refractivity contribution in [3.05, 3.63) is 6.58 Å². The van der Waals surface area contributed by atoms with Crippen LogP contribution >= 0.6 is 0 Å². The van der Waals surface area contributed by atoms with E-state index in [4.69, 9.17) is 19.8 Å². The molecule has 0 saturated heterocycles. The molecule has 0 rings (SSSR count). The highest BCUT2D eigenvalue weighted by Crippen LogP contribution is 1.42. The van der Waals surface area contributed by atoms with Gasteiger partial charge in [-0.05, 0) is 6.58 Å². The van der Waals surface area contributed by atoms with Crippen molar-refractivity contribution in [1.29, 1.82) is 0 Å². The lowest BCUT2D eigenvalue weighted by atomic mass is 11.2. The van der Waals surface area contributed by atoms with Crippen LogP contribution in [-0.2, 0) is 4.79 Å². The van der Waals surface area contributed by atoms with Gasteiger partial charge >= 0.3 is 6.16 Å². The van der Waals surface area contributed by atoms with Crippen LogP contribution in [0.3, 0.4) is 0 Å². The number of hydrogen-bond acceptors (Lipinski definition) is 2. The molecule has 7 heavy (non-hydrogen) atoms. The second-order valence-corrected chi connectivity index (χ2v) is 0.427. The molecule has 0 spiro atoms. The van der Waals surface area contributed by atoms with E-state index >= 15 is 0 Å². The Morgan fingerprint density at radius 3 is 1.57 bits per heavy atom. The fraction of sp³-hybridized carbons (Fsp3) is 0. The summed E-state index contributed by atoms with van der Waals surface area (Å²) in [6.07, 6.45) is -1.83. The van der Waals surface area contributed by atoms with Crippen molar-refractivity contribution in [3.8, 4) is 0 Å². The molecule has 0 amide bonds. The van der Waals surface area contributed by atoms with E-state index in [0.717, 1.165) is 0 Å². The maximum Gasteiger partial charge on any atom is 0.503 e. The van der Waals surface area contributed by atoms with Crippen molar-refractivity contribution in [2.24, 2.45) is 0 Å². The predicted octanol–water partition coefficient (Wildman–Crippen LogP) is 0.226. The summed E-state index contributed by atoms with van der Waals surface area (Å²) < 4.78 is 0. The van der Waals surface area contributed by atoms with Crippen LogP contribution in [-0.4, -0.2) is 22.3 Å². The fourth-order valence-electron chi connectivity index (χ4n) is 0. The lowest BCUT2D eigenvalue weighted by Gasteiger charge is -1.60. The van der Waals surface area contributed by atoms with Crippen LogP contribution in [0.25, 0.3) is 0 Å². The molecule has 2 N–H and O–H groups in total. The van der Waals surface area contributed by atoms with Gasteiger partial charge in [0, 0.05) is 0 Å². The van der Waals surface area contributed by atoms with Gasteiger partial charge in [-0.25, -0.2) is 9.59 Å². The molecule has 0 aromatic heterocycles. The van der Waals surface area contributed by atoms with Gasteiger partial charge in [-0.1, -0.05) is 0 Å². The summed E-state index contributed by atoms with van der Waals surface area (Å²) in [6, 6.07) is 0. The SMILES string of the molecule is C=C=O.O=C(O)O. The van der Waals surface area contributed by atoms with Crippen LogP contribution in [0, 0.1) is 0 Å². The second-order valence-electron chi connectivity index (χ2n) is 0.427. The lowest BCUT2D eigenvalue weighted by Crippen LogP contribution is -1.81. The van der Waals surface area contributed by atoms with E-state index in [1.165, 1.54) is 5.94 Å². The minimum absolute atomic E-state index is 1.25. The molecule has 0 fully saturated rings. The molecule has 0 aromatic carbocycles. The third-order valence-corrected chi connectivity index (χ3v) is 0. The summed E-state index contributed by atoms with van der Waals surface area (Å²) >= 11 is 0. The van der Waals surface area contributed by atoms with Gasteiger partial charge in [0.1, 0.15) is 5.94 Å². The van der Waals surface area contributed by atoms with Gasteiger partial charge < -0.3 is 10.2 Å². The Hall–Kier alpha value is -1.28. The van der Waals surface area contributed by atoms with Gasteiger partial charge in [-0.15, -0.1) is 0 Å². The zero-order valence-corrected chi connectivity index (χ0v) is 3.42. The maximum absolute atomic E-state index is 8.57. The Bertz CT molecular complexity index is 74.9. The number of hydrogen-bond donors (Lipinski definition) is 2. The largest absolute Gasteiger partial charge is 0.503 e. The zero-order chi connectivity index (χ0) is 6.28. The molecule has 0 saturated carbocycles. The van der Waals surface area contributed by atoms with E-state index in [0.29, 0.717) is 0 Å². The Morgan fingerprint density at radius 1 is 1.57 bits per heavy atom. The quantitative estimate of drug-likeness (QED) is 0.431. The predicted molar refractivity (Wildman–Crippen MR) is 22.0 cm³/mol. The first-order valence-electron chi connectivity index (χ1n) is 1.21. The smallest absolute Gasteiger partial charge is 0.450 e. The molecule has 40 valence electrons. The monoisotopic (exact) mass is 104 g/mol. The van der Waals surface area contributed by atoms with Crippen LogP contribution in [0.4, 0.5) is 4.79 Å². The number of carbonyl (C=O) groups is 1. The van der Waals surface area contributed by atoms with Crippen molar-refractivity contribution in [3.63, 3.8) is 0 Å². The van der Waals surface area contributed by atoms with E-state index in [2.05, 4.69) is 6.58 Å². The standard InChI is InChI=1S/C2H2O.CH2O3/c1-2-3;2-1(3)4/h1H2;(H2,2,3,4). The highest BCUT2D eigenvalue weighted by atomic mass is 16.6. The lowest BCUT2D eigenvalue weighted by molar-refractivity contribution is 0.137. The first kappa shape index (κ1) is 9.21. The van der Waals surface area contributed by atoms with E-state index in [1.807, 2.05) is 0 Å². The first-order chi connectivity index (χ1) is 3.15. The Morgan fingerprint density at radius 2 is 1.57 bits per heavy atom. The highest BCUT2D eigenvalue weighted by molar-refractivity contribution is 5.53. The fourth-order valence-corrected chi connectivity index (χ4v) is 0. The highest BCUT2D eigenvalue weighted by Gasteiger charge is 1.70. The summed E-state index contributed by atoms with van der Waals surface area (Å²) in [5.41, 5.74) is 0. The number of carboxylic acid groups (broad SMARTS) is 2. The topological polar surface area (TPSA) is 74.6 Å². The van der Waals surface area contributed by atoms with Crippen LogP contribution in [0.5, 0.6) is 0 Å². The van der Waals surface area contributed by atoms with E-state index in [-0.39, 0.29) is 0 Å². The third-order valence-electron chi connectivity index (χ3n) is 0. The zero-order valence-electron chi connectivity index (χ0n) is 3.42. The summed E-state index contributed by atoms with van der Waals surface area (Å²) in [6.45, 7) is 2.68. The third kappa shape index (κ3) is 21.3. The Labute approximate surface area is 39.7 Å². The van der Waals surface area contributed by atoms with Crippen molar-refractivity contribution in [2.45, 2.75) is 0 Å². The Balaban J connectivity index is 0. The van der Waals surface area contributed by atoms with Gasteiger partial charge in [0.25, 0.3) is 0 Å². The molecule has 0 aliphatic heterocycles. The number of carbonyl (C=O) groups excluding carboxylic acids is 1. The van der Waals surface area contributed by atoms with Gasteiger partial charge in [0.2, 0.25) is 0 Å². The minimum atomic E-state index is -1.83. The van der Waals surface area contributed by atoms with Crippen LogP contribution in [0.15, 0.2) is 6.58 Å². The molecule has 4 nitrogen and oxygen atoms in total. The van der Waals surface area contributed by atoms with Crippen LogP contribution in [0.2, 0.25) is 0 Å². The molecule has 0 aliphatic carbocycles.